The van der Waals surface area contributed by atoms with Gasteiger partial charge < -0.3 is 9.73 Å². The molecule has 0 aliphatic heterocycles. The molecule has 1 amide bonds. The van der Waals surface area contributed by atoms with Gasteiger partial charge in [-0.05, 0) is 48.9 Å². The Morgan fingerprint density at radius 2 is 1.32 bits per heavy atom. The second-order valence-electron chi connectivity index (χ2n) is 6.46. The van der Waals surface area contributed by atoms with Gasteiger partial charge in [0, 0.05) is 16.7 Å². The van der Waals surface area contributed by atoms with Crippen molar-refractivity contribution in [2.75, 3.05) is 0 Å². The average Bonchev–Trinajstić information content (AvgIpc) is 3.25. The van der Waals surface area contributed by atoms with Gasteiger partial charge >= 0.3 is 0 Å². The molecule has 1 N–H and O–H groups in total. The molecule has 0 saturated carbocycles. The van der Waals surface area contributed by atoms with Crippen LogP contribution < -0.4 is 5.32 Å². The molecular weight excluding hydrogens is 350 g/mol. The molecule has 28 heavy (non-hydrogen) atoms. The first-order chi connectivity index (χ1) is 13.7. The van der Waals surface area contributed by atoms with E-state index in [1.165, 1.54) is 0 Å². The number of nitrogens with zero attached hydrogens (tertiary/aromatic N) is 2. The summed E-state index contributed by atoms with van der Waals surface area (Å²) >= 11 is 0. The third-order valence-corrected chi connectivity index (χ3v) is 4.49. The summed E-state index contributed by atoms with van der Waals surface area (Å²) in [6, 6.07) is 26.5. The highest BCUT2D eigenvalue weighted by Gasteiger charge is 2.13. The summed E-state index contributed by atoms with van der Waals surface area (Å²) < 4.78 is 5.76. The lowest BCUT2D eigenvalue weighted by Crippen LogP contribution is -2.26. The minimum absolute atomic E-state index is 0.0715. The molecule has 4 aromatic rings. The molecule has 0 bridgehead atoms. The van der Waals surface area contributed by atoms with Crippen LogP contribution in [0.4, 0.5) is 0 Å². The summed E-state index contributed by atoms with van der Waals surface area (Å²) in [6.07, 6.45) is 0. The number of amides is 1. The van der Waals surface area contributed by atoms with E-state index in [-0.39, 0.29) is 11.9 Å². The van der Waals surface area contributed by atoms with Crippen LogP contribution in [0.5, 0.6) is 0 Å². The van der Waals surface area contributed by atoms with Gasteiger partial charge in [-0.2, -0.15) is 0 Å². The SMILES string of the molecule is CC(NC(=O)c1ccc(-c2nnc(-c3ccccc3)o2)cc1)c1ccccc1. The standard InChI is InChI=1S/C23H19N3O2/c1-16(17-8-4-2-5-9-17)24-21(27)18-12-14-20(15-13-18)23-26-25-22(28-23)19-10-6-3-7-11-19/h2-16H,1H3,(H,24,27). The van der Waals surface area contributed by atoms with Crippen LogP contribution in [0, 0.1) is 0 Å². The summed E-state index contributed by atoms with van der Waals surface area (Å²) in [7, 11) is 0. The number of carbonyl (C=O) groups excluding carboxylic acids is 1. The molecular formula is C23H19N3O2. The highest BCUT2D eigenvalue weighted by Crippen LogP contribution is 2.24. The quantitative estimate of drug-likeness (QED) is 0.544. The van der Waals surface area contributed by atoms with Crippen LogP contribution in [0.25, 0.3) is 22.9 Å². The average molecular weight is 369 g/mol. The number of benzene rings is 3. The van der Waals surface area contributed by atoms with Crippen molar-refractivity contribution in [2.24, 2.45) is 0 Å². The van der Waals surface area contributed by atoms with Crippen LogP contribution in [0.2, 0.25) is 0 Å². The third kappa shape index (κ3) is 3.83. The lowest BCUT2D eigenvalue weighted by Gasteiger charge is -2.14. The van der Waals surface area contributed by atoms with E-state index in [4.69, 9.17) is 4.42 Å². The maximum Gasteiger partial charge on any atom is 0.251 e. The molecule has 1 atom stereocenters. The van der Waals surface area contributed by atoms with Gasteiger partial charge in [0.2, 0.25) is 11.8 Å². The van der Waals surface area contributed by atoms with Gasteiger partial charge in [-0.1, -0.05) is 48.5 Å². The third-order valence-electron chi connectivity index (χ3n) is 4.49. The molecule has 0 aliphatic rings. The first kappa shape index (κ1) is 17.7. The molecule has 1 heterocycles. The summed E-state index contributed by atoms with van der Waals surface area (Å²) in [5, 5.41) is 11.2. The molecule has 0 saturated heterocycles. The summed E-state index contributed by atoms with van der Waals surface area (Å²) in [5.74, 6) is 0.760. The zero-order valence-electron chi connectivity index (χ0n) is 15.4. The van der Waals surface area contributed by atoms with Crippen LogP contribution in [-0.4, -0.2) is 16.1 Å². The highest BCUT2D eigenvalue weighted by atomic mass is 16.4. The summed E-state index contributed by atoms with van der Waals surface area (Å²) in [4.78, 5) is 12.5. The van der Waals surface area contributed by atoms with Crippen molar-refractivity contribution in [1.82, 2.24) is 15.5 Å². The van der Waals surface area contributed by atoms with E-state index >= 15 is 0 Å². The normalized spacial score (nSPS) is 11.8. The maximum atomic E-state index is 12.5. The molecule has 1 unspecified atom stereocenters. The Morgan fingerprint density at radius 3 is 1.93 bits per heavy atom. The van der Waals surface area contributed by atoms with Crippen molar-refractivity contribution >= 4 is 5.91 Å². The van der Waals surface area contributed by atoms with Crippen molar-refractivity contribution in [1.29, 1.82) is 0 Å². The fourth-order valence-electron chi connectivity index (χ4n) is 2.91. The van der Waals surface area contributed by atoms with Gasteiger partial charge in [0.1, 0.15) is 0 Å². The molecule has 3 aromatic carbocycles. The number of hydrogen-bond acceptors (Lipinski definition) is 4. The van der Waals surface area contributed by atoms with Crippen LogP contribution in [0.3, 0.4) is 0 Å². The smallest absolute Gasteiger partial charge is 0.251 e. The van der Waals surface area contributed by atoms with Gasteiger partial charge in [0.05, 0.1) is 6.04 Å². The van der Waals surface area contributed by atoms with Crippen LogP contribution >= 0.6 is 0 Å². The van der Waals surface area contributed by atoms with Crippen molar-refractivity contribution in [3.63, 3.8) is 0 Å². The van der Waals surface area contributed by atoms with Crippen LogP contribution in [-0.2, 0) is 0 Å². The first-order valence-corrected chi connectivity index (χ1v) is 9.06. The molecule has 1 aromatic heterocycles. The van der Waals surface area contributed by atoms with E-state index in [9.17, 15) is 4.79 Å². The van der Waals surface area contributed by atoms with E-state index < -0.39 is 0 Å². The Bertz CT molecular complexity index is 1060. The Balaban J connectivity index is 1.47. The predicted molar refractivity (Wildman–Crippen MR) is 107 cm³/mol. The van der Waals surface area contributed by atoms with Crippen molar-refractivity contribution < 1.29 is 9.21 Å². The lowest BCUT2D eigenvalue weighted by molar-refractivity contribution is 0.0940. The van der Waals surface area contributed by atoms with Gasteiger partial charge in [-0.3, -0.25) is 4.79 Å². The maximum absolute atomic E-state index is 12.5. The Labute approximate surface area is 163 Å². The lowest BCUT2D eigenvalue weighted by atomic mass is 10.1. The van der Waals surface area contributed by atoms with Crippen molar-refractivity contribution in [2.45, 2.75) is 13.0 Å². The zero-order valence-corrected chi connectivity index (χ0v) is 15.4. The number of aromatic nitrogens is 2. The van der Waals surface area contributed by atoms with E-state index in [1.807, 2.05) is 79.7 Å². The zero-order chi connectivity index (χ0) is 19.3. The fourth-order valence-corrected chi connectivity index (χ4v) is 2.91. The van der Waals surface area contributed by atoms with E-state index in [2.05, 4.69) is 15.5 Å². The molecule has 138 valence electrons. The Hall–Kier alpha value is -3.73. The fraction of sp³-hybridized carbons (Fsp3) is 0.0870. The number of hydrogen-bond donors (Lipinski definition) is 1. The molecule has 0 spiro atoms. The first-order valence-electron chi connectivity index (χ1n) is 9.06. The number of nitrogens with one attached hydrogen (secondary N) is 1. The van der Waals surface area contributed by atoms with Gasteiger partial charge in [0.25, 0.3) is 5.91 Å². The molecule has 0 aliphatic carbocycles. The van der Waals surface area contributed by atoms with E-state index in [0.29, 0.717) is 17.3 Å². The molecule has 0 radical (unpaired) electrons. The summed E-state index contributed by atoms with van der Waals surface area (Å²) in [5.41, 5.74) is 3.27. The van der Waals surface area contributed by atoms with Gasteiger partial charge in [0.15, 0.2) is 0 Å². The Kier molecular flexibility index (Phi) is 4.97. The van der Waals surface area contributed by atoms with E-state index in [1.54, 1.807) is 12.1 Å². The monoisotopic (exact) mass is 369 g/mol. The van der Waals surface area contributed by atoms with E-state index in [0.717, 1.165) is 16.7 Å². The number of carbonyl (C=O) groups is 1. The van der Waals surface area contributed by atoms with Gasteiger partial charge in [-0.25, -0.2) is 0 Å². The largest absolute Gasteiger partial charge is 0.416 e. The summed E-state index contributed by atoms with van der Waals surface area (Å²) in [6.45, 7) is 1.96. The predicted octanol–water partition coefficient (Wildman–Crippen LogP) is 4.89. The Morgan fingerprint density at radius 1 is 0.786 bits per heavy atom. The topological polar surface area (TPSA) is 68.0 Å². The molecule has 5 heteroatoms. The molecule has 0 fully saturated rings. The minimum Gasteiger partial charge on any atom is -0.416 e. The van der Waals surface area contributed by atoms with Crippen LogP contribution in [0.1, 0.15) is 28.9 Å². The van der Waals surface area contributed by atoms with Crippen molar-refractivity contribution in [3.05, 3.63) is 96.1 Å². The number of rotatable bonds is 5. The second kappa shape index (κ2) is 7.88. The van der Waals surface area contributed by atoms with Crippen LogP contribution in [0.15, 0.2) is 89.3 Å². The van der Waals surface area contributed by atoms with Crippen molar-refractivity contribution in [3.8, 4) is 22.9 Å². The minimum atomic E-state index is -0.126. The second-order valence-corrected chi connectivity index (χ2v) is 6.46. The molecule has 5 nitrogen and oxygen atoms in total. The molecule has 4 rings (SSSR count). The highest BCUT2D eigenvalue weighted by molar-refractivity contribution is 5.94. The van der Waals surface area contributed by atoms with Gasteiger partial charge in [-0.15, -0.1) is 10.2 Å².